The SMILES string of the molecule is Cc1ccc(S(=O)(=O)n2cc(-c3cc(F)c4ocnc4c3)c3cc(Br)cnc32)cc1. The lowest BCUT2D eigenvalue weighted by atomic mass is 10.1. The number of hydrogen-bond acceptors (Lipinski definition) is 5. The second-order valence-electron chi connectivity index (χ2n) is 6.84. The maximum atomic E-state index is 14.5. The number of aryl methyl sites for hydroxylation is 1. The maximum absolute atomic E-state index is 14.5. The van der Waals surface area contributed by atoms with Crippen molar-refractivity contribution in [3.63, 3.8) is 0 Å². The monoisotopic (exact) mass is 485 g/mol. The van der Waals surface area contributed by atoms with Crippen molar-refractivity contribution in [2.24, 2.45) is 0 Å². The molecule has 0 amide bonds. The van der Waals surface area contributed by atoms with Crippen LogP contribution in [0.3, 0.4) is 0 Å². The molecule has 3 heterocycles. The van der Waals surface area contributed by atoms with Crippen LogP contribution in [0, 0.1) is 12.7 Å². The molecular weight excluding hydrogens is 473 g/mol. The molecule has 5 aromatic rings. The lowest BCUT2D eigenvalue weighted by molar-refractivity contribution is 0.554. The Morgan fingerprint density at radius 1 is 1.10 bits per heavy atom. The van der Waals surface area contributed by atoms with E-state index in [0.29, 0.717) is 26.5 Å². The number of oxazole rings is 1. The van der Waals surface area contributed by atoms with Gasteiger partial charge in [0, 0.05) is 27.8 Å². The minimum absolute atomic E-state index is 0.0501. The lowest BCUT2D eigenvalue weighted by Crippen LogP contribution is -2.12. The first-order valence-corrected chi connectivity index (χ1v) is 11.1. The van der Waals surface area contributed by atoms with Gasteiger partial charge in [0.1, 0.15) is 5.52 Å². The summed E-state index contributed by atoms with van der Waals surface area (Å²) in [6.45, 7) is 1.88. The highest BCUT2D eigenvalue weighted by molar-refractivity contribution is 9.10. The highest BCUT2D eigenvalue weighted by Crippen LogP contribution is 2.35. The molecule has 0 aliphatic carbocycles. The molecule has 0 fully saturated rings. The number of benzene rings is 2. The van der Waals surface area contributed by atoms with Crippen molar-refractivity contribution < 1.29 is 17.2 Å². The Hall–Kier alpha value is -3.04. The molecule has 0 unspecified atom stereocenters. The molecule has 0 atom stereocenters. The molecule has 2 aromatic carbocycles. The van der Waals surface area contributed by atoms with E-state index in [4.69, 9.17) is 4.42 Å². The van der Waals surface area contributed by atoms with Crippen molar-refractivity contribution in [3.05, 3.63) is 77.1 Å². The summed E-state index contributed by atoms with van der Waals surface area (Å²) in [5.41, 5.74) is 2.57. The topological polar surface area (TPSA) is 78.0 Å². The van der Waals surface area contributed by atoms with E-state index in [0.717, 1.165) is 9.54 Å². The molecule has 0 aliphatic rings. The van der Waals surface area contributed by atoms with E-state index in [1.807, 2.05) is 6.92 Å². The molecule has 0 saturated carbocycles. The van der Waals surface area contributed by atoms with Gasteiger partial charge in [0.2, 0.25) is 0 Å². The van der Waals surface area contributed by atoms with Gasteiger partial charge in [-0.05, 0) is 58.7 Å². The van der Waals surface area contributed by atoms with Crippen LogP contribution in [0.4, 0.5) is 4.39 Å². The summed E-state index contributed by atoms with van der Waals surface area (Å²) in [6.07, 6.45) is 4.15. The number of rotatable bonds is 3. The van der Waals surface area contributed by atoms with Gasteiger partial charge in [-0.25, -0.2) is 26.7 Å². The zero-order chi connectivity index (χ0) is 21.0. The van der Waals surface area contributed by atoms with Gasteiger partial charge in [0.05, 0.1) is 4.90 Å². The fourth-order valence-electron chi connectivity index (χ4n) is 3.37. The Labute approximate surface area is 179 Å². The van der Waals surface area contributed by atoms with E-state index in [9.17, 15) is 12.8 Å². The van der Waals surface area contributed by atoms with Crippen LogP contribution in [0.25, 0.3) is 33.3 Å². The quantitative estimate of drug-likeness (QED) is 0.346. The zero-order valence-corrected chi connectivity index (χ0v) is 17.9. The van der Waals surface area contributed by atoms with Crippen molar-refractivity contribution in [1.29, 1.82) is 0 Å². The number of aromatic nitrogens is 3. The number of fused-ring (bicyclic) bond motifs is 2. The van der Waals surface area contributed by atoms with Crippen molar-refractivity contribution in [2.45, 2.75) is 11.8 Å². The third kappa shape index (κ3) is 2.93. The molecule has 3 aromatic heterocycles. The zero-order valence-electron chi connectivity index (χ0n) is 15.5. The van der Waals surface area contributed by atoms with Crippen molar-refractivity contribution in [1.82, 2.24) is 13.9 Å². The molecule has 30 heavy (non-hydrogen) atoms. The molecule has 6 nitrogen and oxygen atoms in total. The molecule has 5 rings (SSSR count). The van der Waals surface area contributed by atoms with E-state index >= 15 is 0 Å². The first-order chi connectivity index (χ1) is 14.3. The molecule has 0 radical (unpaired) electrons. The van der Waals surface area contributed by atoms with E-state index in [1.54, 1.807) is 36.4 Å². The Kier molecular flexibility index (Phi) is 4.26. The lowest BCUT2D eigenvalue weighted by Gasteiger charge is -2.07. The molecule has 0 bridgehead atoms. The minimum atomic E-state index is -3.91. The minimum Gasteiger partial charge on any atom is -0.440 e. The van der Waals surface area contributed by atoms with Gasteiger partial charge in [0.15, 0.2) is 23.4 Å². The fourth-order valence-corrected chi connectivity index (χ4v) is 5.03. The normalized spacial score (nSPS) is 12.1. The van der Waals surface area contributed by atoms with Crippen molar-refractivity contribution >= 4 is 48.1 Å². The van der Waals surface area contributed by atoms with Gasteiger partial charge < -0.3 is 4.42 Å². The Bertz CT molecular complexity index is 1540. The molecule has 150 valence electrons. The summed E-state index contributed by atoms with van der Waals surface area (Å²) < 4.78 is 48.0. The van der Waals surface area contributed by atoms with Gasteiger partial charge in [-0.15, -0.1) is 0 Å². The second kappa shape index (κ2) is 6.75. The van der Waals surface area contributed by atoms with E-state index in [-0.39, 0.29) is 16.1 Å². The summed E-state index contributed by atoms with van der Waals surface area (Å²) in [7, 11) is -3.91. The van der Waals surface area contributed by atoms with Gasteiger partial charge >= 0.3 is 0 Å². The first-order valence-electron chi connectivity index (χ1n) is 8.86. The maximum Gasteiger partial charge on any atom is 0.269 e. The average Bonchev–Trinajstić information content (AvgIpc) is 3.33. The molecule has 0 N–H and O–H groups in total. The summed E-state index contributed by atoms with van der Waals surface area (Å²) in [6, 6.07) is 11.3. The van der Waals surface area contributed by atoms with Crippen LogP contribution in [0.15, 0.2) is 75.0 Å². The smallest absolute Gasteiger partial charge is 0.269 e. The van der Waals surface area contributed by atoms with Crippen LogP contribution >= 0.6 is 15.9 Å². The number of nitrogens with zero attached hydrogens (tertiary/aromatic N) is 3. The highest BCUT2D eigenvalue weighted by atomic mass is 79.9. The fraction of sp³-hybridized carbons (Fsp3) is 0.0476. The van der Waals surface area contributed by atoms with Crippen LogP contribution in [0.1, 0.15) is 5.56 Å². The average molecular weight is 486 g/mol. The first kappa shape index (κ1) is 19.0. The number of halogens is 2. The molecule has 0 saturated heterocycles. The van der Waals surface area contributed by atoms with E-state index < -0.39 is 15.8 Å². The molecule has 0 aliphatic heterocycles. The molecular formula is C21H13BrFN3O3S. The highest BCUT2D eigenvalue weighted by Gasteiger charge is 2.24. The second-order valence-corrected chi connectivity index (χ2v) is 9.57. The molecule has 0 spiro atoms. The van der Waals surface area contributed by atoms with Gasteiger partial charge in [0.25, 0.3) is 10.0 Å². The summed E-state index contributed by atoms with van der Waals surface area (Å²) in [4.78, 5) is 8.48. The third-order valence-corrected chi connectivity index (χ3v) is 6.95. The van der Waals surface area contributed by atoms with Gasteiger partial charge in [-0.2, -0.15) is 0 Å². The van der Waals surface area contributed by atoms with Gasteiger partial charge in [-0.3, -0.25) is 0 Å². The van der Waals surface area contributed by atoms with Crippen LogP contribution in [0.2, 0.25) is 0 Å². The molecule has 9 heteroatoms. The van der Waals surface area contributed by atoms with E-state index in [1.165, 1.54) is 24.9 Å². The Morgan fingerprint density at radius 3 is 2.63 bits per heavy atom. The predicted octanol–water partition coefficient (Wildman–Crippen LogP) is 5.29. The summed E-state index contributed by atoms with van der Waals surface area (Å²) >= 11 is 3.38. The number of hydrogen-bond donors (Lipinski definition) is 0. The van der Waals surface area contributed by atoms with Crippen LogP contribution in [0.5, 0.6) is 0 Å². The summed E-state index contributed by atoms with van der Waals surface area (Å²) in [5, 5.41) is 0.558. The summed E-state index contributed by atoms with van der Waals surface area (Å²) in [5.74, 6) is -0.578. The number of pyridine rings is 1. The van der Waals surface area contributed by atoms with Crippen molar-refractivity contribution in [3.8, 4) is 11.1 Å². The van der Waals surface area contributed by atoms with Gasteiger partial charge in [-0.1, -0.05) is 17.7 Å². The third-order valence-electron chi connectivity index (χ3n) is 4.85. The van der Waals surface area contributed by atoms with Crippen LogP contribution in [-0.4, -0.2) is 22.4 Å². The van der Waals surface area contributed by atoms with Crippen LogP contribution in [-0.2, 0) is 10.0 Å². The van der Waals surface area contributed by atoms with Crippen LogP contribution < -0.4 is 0 Å². The predicted molar refractivity (Wildman–Crippen MR) is 114 cm³/mol. The Morgan fingerprint density at radius 2 is 1.87 bits per heavy atom. The van der Waals surface area contributed by atoms with Crippen molar-refractivity contribution in [2.75, 3.05) is 0 Å². The van der Waals surface area contributed by atoms with E-state index in [2.05, 4.69) is 25.9 Å². The largest absolute Gasteiger partial charge is 0.440 e. The standard InChI is InChI=1S/C21H13BrFN3O3S/c1-12-2-4-15(5-3-12)30(27,28)26-10-17(16-8-14(22)9-24-21(16)26)13-6-18(23)20-19(7-13)25-11-29-20/h2-11H,1H3. The Balaban J connectivity index is 1.80.